The number of aromatic nitrogens is 2. The molecule has 5 nitrogen and oxygen atoms in total. The van der Waals surface area contributed by atoms with Crippen LogP contribution in [0.15, 0.2) is 45.8 Å². The molecular weight excluding hydrogens is 230 g/mol. The third-order valence-corrected chi connectivity index (χ3v) is 2.76. The lowest BCUT2D eigenvalue weighted by molar-refractivity contribution is 0.435. The second-order valence-electron chi connectivity index (χ2n) is 3.94. The van der Waals surface area contributed by atoms with Gasteiger partial charge in [-0.15, -0.1) is 0 Å². The van der Waals surface area contributed by atoms with Crippen LogP contribution in [0.3, 0.4) is 0 Å². The van der Waals surface area contributed by atoms with Gasteiger partial charge in [-0.3, -0.25) is 4.98 Å². The van der Waals surface area contributed by atoms with Gasteiger partial charge < -0.3 is 14.7 Å². The average molecular weight is 241 g/mol. The van der Waals surface area contributed by atoms with Crippen LogP contribution in [0.5, 0.6) is 0 Å². The van der Waals surface area contributed by atoms with Crippen LogP contribution in [-0.2, 0) is 0 Å². The monoisotopic (exact) mass is 241 g/mol. The zero-order valence-corrected chi connectivity index (χ0v) is 9.75. The summed E-state index contributed by atoms with van der Waals surface area (Å²) in [7, 11) is 0. The fourth-order valence-electron chi connectivity index (χ4n) is 1.87. The number of nitrogens with zero attached hydrogens (tertiary/aromatic N) is 2. The number of anilines is 1. The van der Waals surface area contributed by atoms with Gasteiger partial charge in [0.2, 0.25) is 5.88 Å². The van der Waals surface area contributed by atoms with E-state index < -0.39 is 0 Å². The van der Waals surface area contributed by atoms with Gasteiger partial charge in [0.25, 0.3) is 0 Å². The van der Waals surface area contributed by atoms with E-state index in [1.54, 1.807) is 18.7 Å². The Labute approximate surface area is 103 Å². The largest absolute Gasteiger partial charge is 0.462 e. The van der Waals surface area contributed by atoms with Crippen LogP contribution in [0.1, 0.15) is 5.56 Å². The summed E-state index contributed by atoms with van der Waals surface area (Å²) in [6, 6.07) is 5.58. The molecule has 0 bridgehead atoms. The number of pyridine rings is 1. The Morgan fingerprint density at radius 3 is 2.61 bits per heavy atom. The van der Waals surface area contributed by atoms with Gasteiger partial charge in [-0.2, -0.15) is 0 Å². The molecule has 3 rings (SSSR count). The number of hydrogen-bond acceptors (Lipinski definition) is 5. The SMILES string of the molecule is Cc1ccoc1-c1noc(N)c1-c1ccncc1. The highest BCUT2D eigenvalue weighted by Crippen LogP contribution is 2.37. The van der Waals surface area contributed by atoms with E-state index in [4.69, 9.17) is 14.7 Å². The molecule has 0 fully saturated rings. The maximum Gasteiger partial charge on any atom is 0.230 e. The van der Waals surface area contributed by atoms with Gasteiger partial charge in [-0.1, -0.05) is 5.16 Å². The van der Waals surface area contributed by atoms with Crippen LogP contribution >= 0.6 is 0 Å². The van der Waals surface area contributed by atoms with E-state index in [-0.39, 0.29) is 5.88 Å². The highest BCUT2D eigenvalue weighted by molar-refractivity contribution is 5.85. The average Bonchev–Trinajstić information content (AvgIpc) is 2.96. The molecule has 90 valence electrons. The summed E-state index contributed by atoms with van der Waals surface area (Å²) >= 11 is 0. The number of furan rings is 1. The molecule has 0 saturated heterocycles. The van der Waals surface area contributed by atoms with Crippen molar-refractivity contribution in [1.82, 2.24) is 10.1 Å². The van der Waals surface area contributed by atoms with Gasteiger partial charge in [-0.05, 0) is 36.2 Å². The molecule has 18 heavy (non-hydrogen) atoms. The van der Waals surface area contributed by atoms with Crippen molar-refractivity contribution in [3.05, 3.63) is 42.4 Å². The molecule has 5 heteroatoms. The Hall–Kier alpha value is -2.56. The Bertz CT molecular complexity index is 671. The second-order valence-corrected chi connectivity index (χ2v) is 3.94. The lowest BCUT2D eigenvalue weighted by Crippen LogP contribution is -1.88. The Kier molecular flexibility index (Phi) is 2.37. The summed E-state index contributed by atoms with van der Waals surface area (Å²) in [5.41, 5.74) is 9.06. The van der Waals surface area contributed by atoms with Crippen molar-refractivity contribution in [1.29, 1.82) is 0 Å². The molecule has 0 aliphatic carbocycles. The number of hydrogen-bond donors (Lipinski definition) is 1. The van der Waals surface area contributed by atoms with Crippen molar-refractivity contribution in [2.24, 2.45) is 0 Å². The van der Waals surface area contributed by atoms with Crippen LogP contribution in [0.2, 0.25) is 0 Å². The van der Waals surface area contributed by atoms with E-state index in [1.165, 1.54) is 0 Å². The van der Waals surface area contributed by atoms with Crippen molar-refractivity contribution < 1.29 is 8.94 Å². The topological polar surface area (TPSA) is 78.1 Å². The smallest absolute Gasteiger partial charge is 0.230 e. The van der Waals surface area contributed by atoms with Crippen molar-refractivity contribution in [3.63, 3.8) is 0 Å². The van der Waals surface area contributed by atoms with Gasteiger partial charge in [0.1, 0.15) is 0 Å². The van der Waals surface area contributed by atoms with Gasteiger partial charge >= 0.3 is 0 Å². The number of rotatable bonds is 2. The predicted molar refractivity (Wildman–Crippen MR) is 66.6 cm³/mol. The van der Waals surface area contributed by atoms with Crippen LogP contribution in [-0.4, -0.2) is 10.1 Å². The van der Waals surface area contributed by atoms with E-state index in [0.717, 1.165) is 16.7 Å². The number of nitrogen functional groups attached to an aromatic ring is 1. The molecule has 2 N–H and O–H groups in total. The maximum atomic E-state index is 5.84. The minimum Gasteiger partial charge on any atom is -0.462 e. The van der Waals surface area contributed by atoms with Crippen LogP contribution in [0.25, 0.3) is 22.6 Å². The van der Waals surface area contributed by atoms with E-state index in [1.807, 2.05) is 25.1 Å². The molecule has 0 aliphatic rings. The summed E-state index contributed by atoms with van der Waals surface area (Å²) in [4.78, 5) is 3.98. The quantitative estimate of drug-likeness (QED) is 0.746. The van der Waals surface area contributed by atoms with Crippen LogP contribution < -0.4 is 5.73 Å². The molecule has 0 radical (unpaired) electrons. The fourth-order valence-corrected chi connectivity index (χ4v) is 1.87. The maximum absolute atomic E-state index is 5.84. The molecule has 0 spiro atoms. The Balaban J connectivity index is 2.22. The highest BCUT2D eigenvalue weighted by Gasteiger charge is 2.20. The highest BCUT2D eigenvalue weighted by atomic mass is 16.5. The van der Waals surface area contributed by atoms with E-state index in [9.17, 15) is 0 Å². The van der Waals surface area contributed by atoms with E-state index in [0.29, 0.717) is 11.5 Å². The molecule has 0 amide bonds. The molecular formula is C13H11N3O2. The molecule has 0 saturated carbocycles. The number of nitrogens with two attached hydrogens (primary N) is 1. The van der Waals surface area contributed by atoms with Crippen LogP contribution in [0.4, 0.5) is 5.88 Å². The van der Waals surface area contributed by atoms with Gasteiger partial charge in [0, 0.05) is 12.4 Å². The van der Waals surface area contributed by atoms with Crippen molar-refractivity contribution in [2.45, 2.75) is 6.92 Å². The minimum absolute atomic E-state index is 0.270. The first-order chi connectivity index (χ1) is 8.77. The third kappa shape index (κ3) is 1.57. The predicted octanol–water partition coefficient (Wildman–Crippen LogP) is 2.89. The summed E-state index contributed by atoms with van der Waals surface area (Å²) in [5, 5.41) is 3.98. The number of aryl methyl sites for hydroxylation is 1. The first-order valence-electron chi connectivity index (χ1n) is 5.47. The van der Waals surface area contributed by atoms with Crippen LogP contribution in [0, 0.1) is 6.92 Å². The minimum atomic E-state index is 0.270. The molecule has 0 atom stereocenters. The van der Waals surface area contributed by atoms with Gasteiger partial charge in [-0.25, -0.2) is 0 Å². The summed E-state index contributed by atoms with van der Waals surface area (Å²) < 4.78 is 10.5. The van der Waals surface area contributed by atoms with Gasteiger partial charge in [0.05, 0.1) is 11.8 Å². The van der Waals surface area contributed by atoms with Gasteiger partial charge in [0.15, 0.2) is 11.5 Å². The van der Waals surface area contributed by atoms with E-state index in [2.05, 4.69) is 10.1 Å². The first-order valence-corrected chi connectivity index (χ1v) is 5.47. The lowest BCUT2D eigenvalue weighted by Gasteiger charge is -2.00. The Morgan fingerprint density at radius 1 is 1.17 bits per heavy atom. The van der Waals surface area contributed by atoms with Crippen molar-refractivity contribution in [3.8, 4) is 22.6 Å². The zero-order chi connectivity index (χ0) is 12.5. The molecule has 0 aliphatic heterocycles. The summed E-state index contributed by atoms with van der Waals surface area (Å²) in [5.74, 6) is 0.939. The Morgan fingerprint density at radius 2 is 1.94 bits per heavy atom. The van der Waals surface area contributed by atoms with Crippen molar-refractivity contribution >= 4 is 5.88 Å². The summed E-state index contributed by atoms with van der Waals surface area (Å²) in [6.45, 7) is 1.94. The normalized spacial score (nSPS) is 10.7. The zero-order valence-electron chi connectivity index (χ0n) is 9.75. The lowest BCUT2D eigenvalue weighted by atomic mass is 10.0. The third-order valence-electron chi connectivity index (χ3n) is 2.76. The molecule has 0 unspecified atom stereocenters. The molecule has 3 aromatic rings. The summed E-state index contributed by atoms with van der Waals surface area (Å²) in [6.07, 6.45) is 5.01. The molecule has 0 aromatic carbocycles. The first kappa shape index (κ1) is 10.6. The fraction of sp³-hybridized carbons (Fsp3) is 0.0769. The van der Waals surface area contributed by atoms with Crippen molar-refractivity contribution in [2.75, 3.05) is 5.73 Å². The standard InChI is InChI=1S/C13H11N3O2/c1-8-4-7-17-12(8)11-10(13(14)18-16-11)9-2-5-15-6-3-9/h2-7H,14H2,1H3. The molecule has 3 aromatic heterocycles. The van der Waals surface area contributed by atoms with E-state index >= 15 is 0 Å². The second kappa shape index (κ2) is 4.03. The molecule has 3 heterocycles.